The maximum atomic E-state index is 12.7. The molecule has 8 nitrogen and oxygen atoms in total. The fraction of sp³-hybridized carbons (Fsp3) is 0.348. The molecule has 0 aliphatic carbocycles. The first-order chi connectivity index (χ1) is 14.9. The number of carbonyl (C=O) groups excluding carboxylic acids is 1. The molecule has 0 spiro atoms. The maximum absolute atomic E-state index is 12.7. The van der Waals surface area contributed by atoms with E-state index >= 15 is 0 Å². The quantitative estimate of drug-likeness (QED) is 0.615. The van der Waals surface area contributed by atoms with E-state index in [2.05, 4.69) is 49.0 Å². The summed E-state index contributed by atoms with van der Waals surface area (Å²) in [6.45, 7) is 5.76. The molecule has 0 bridgehead atoms. The van der Waals surface area contributed by atoms with Crippen molar-refractivity contribution in [2.24, 2.45) is 0 Å². The second-order valence-electron chi connectivity index (χ2n) is 7.91. The Hall–Kier alpha value is -3.57. The number of rotatable bonds is 2. The minimum atomic E-state index is -0.131. The fourth-order valence-electron chi connectivity index (χ4n) is 3.52. The molecule has 31 heavy (non-hydrogen) atoms. The largest absolute Gasteiger partial charge is 0.383 e. The zero-order chi connectivity index (χ0) is 22.0. The second-order valence-corrected chi connectivity index (χ2v) is 7.91. The van der Waals surface area contributed by atoms with Crippen LogP contribution in [-0.2, 0) is 0 Å². The van der Waals surface area contributed by atoms with Crippen molar-refractivity contribution in [2.45, 2.75) is 32.7 Å². The zero-order valence-corrected chi connectivity index (χ0v) is 17.9. The summed E-state index contributed by atoms with van der Waals surface area (Å²) in [5.74, 6) is 6.26. The molecule has 1 amide bonds. The molecule has 3 N–H and O–H groups in total. The Balaban J connectivity index is 1.59. The highest BCUT2D eigenvalue weighted by Gasteiger charge is 2.19. The van der Waals surface area contributed by atoms with Gasteiger partial charge >= 0.3 is 0 Å². The van der Waals surface area contributed by atoms with Gasteiger partial charge < -0.3 is 16.0 Å². The molecule has 3 aromatic rings. The van der Waals surface area contributed by atoms with Gasteiger partial charge in [0.05, 0.1) is 28.7 Å². The molecule has 0 saturated carbocycles. The van der Waals surface area contributed by atoms with E-state index in [0.29, 0.717) is 33.5 Å². The SMILES string of the molecule is Cc1nc2cnc(N)c(C#Cc3cncc(C(=O)NC4CCN(C)CC4)c3)c2nc1C. The third-order valence-corrected chi connectivity index (χ3v) is 5.54. The molecule has 3 aromatic heterocycles. The van der Waals surface area contributed by atoms with Gasteiger partial charge in [0.2, 0.25) is 0 Å². The number of nitrogen functional groups attached to an aromatic ring is 1. The van der Waals surface area contributed by atoms with Gasteiger partial charge in [0.1, 0.15) is 16.9 Å². The van der Waals surface area contributed by atoms with Gasteiger partial charge in [-0.1, -0.05) is 11.8 Å². The molecular weight excluding hydrogens is 390 g/mol. The van der Waals surface area contributed by atoms with E-state index in [9.17, 15) is 4.79 Å². The first-order valence-electron chi connectivity index (χ1n) is 10.3. The lowest BCUT2D eigenvalue weighted by Crippen LogP contribution is -2.43. The predicted molar refractivity (Wildman–Crippen MR) is 119 cm³/mol. The van der Waals surface area contributed by atoms with E-state index in [1.165, 1.54) is 0 Å². The summed E-state index contributed by atoms with van der Waals surface area (Å²) in [4.78, 5) is 32.4. The van der Waals surface area contributed by atoms with Crippen LogP contribution in [-0.4, -0.2) is 56.9 Å². The van der Waals surface area contributed by atoms with E-state index < -0.39 is 0 Å². The van der Waals surface area contributed by atoms with Crippen molar-refractivity contribution >= 4 is 22.8 Å². The van der Waals surface area contributed by atoms with Crippen LogP contribution in [0.3, 0.4) is 0 Å². The average Bonchev–Trinajstić information content (AvgIpc) is 2.76. The van der Waals surface area contributed by atoms with Gasteiger partial charge in [-0.05, 0) is 52.9 Å². The number of aryl methyl sites for hydroxylation is 2. The van der Waals surface area contributed by atoms with Crippen LogP contribution in [0.2, 0.25) is 0 Å². The van der Waals surface area contributed by atoms with Crippen molar-refractivity contribution in [1.82, 2.24) is 30.2 Å². The van der Waals surface area contributed by atoms with Crippen molar-refractivity contribution in [3.05, 3.63) is 52.7 Å². The molecule has 0 unspecified atom stereocenters. The number of hydrogen-bond acceptors (Lipinski definition) is 7. The number of amides is 1. The molecule has 1 fully saturated rings. The van der Waals surface area contributed by atoms with E-state index in [1.807, 2.05) is 13.8 Å². The fourth-order valence-corrected chi connectivity index (χ4v) is 3.52. The smallest absolute Gasteiger partial charge is 0.253 e. The highest BCUT2D eigenvalue weighted by molar-refractivity contribution is 5.94. The van der Waals surface area contributed by atoms with Gasteiger partial charge in [0.25, 0.3) is 5.91 Å². The number of aromatic nitrogens is 4. The number of nitrogens with one attached hydrogen (secondary N) is 1. The third kappa shape index (κ3) is 4.62. The molecule has 0 radical (unpaired) electrons. The molecule has 158 valence electrons. The summed E-state index contributed by atoms with van der Waals surface area (Å²) in [6, 6.07) is 1.92. The highest BCUT2D eigenvalue weighted by atomic mass is 16.1. The van der Waals surface area contributed by atoms with Crippen molar-refractivity contribution in [1.29, 1.82) is 0 Å². The van der Waals surface area contributed by atoms with Crippen LogP contribution in [0, 0.1) is 25.7 Å². The van der Waals surface area contributed by atoms with Crippen LogP contribution < -0.4 is 11.1 Å². The van der Waals surface area contributed by atoms with Gasteiger partial charge in [-0.15, -0.1) is 0 Å². The van der Waals surface area contributed by atoms with Crippen molar-refractivity contribution in [3.8, 4) is 11.8 Å². The van der Waals surface area contributed by atoms with Gasteiger partial charge in [0, 0.05) is 24.0 Å². The zero-order valence-electron chi connectivity index (χ0n) is 17.9. The Morgan fingerprint density at radius 3 is 2.65 bits per heavy atom. The molecule has 4 heterocycles. The van der Waals surface area contributed by atoms with Gasteiger partial charge in [-0.2, -0.15) is 0 Å². The molecule has 4 rings (SSSR count). The summed E-state index contributed by atoms with van der Waals surface area (Å²) in [5, 5.41) is 3.10. The van der Waals surface area contributed by atoms with Crippen molar-refractivity contribution in [2.75, 3.05) is 25.9 Å². The number of pyridine rings is 2. The Bertz CT molecular complexity index is 1200. The van der Waals surface area contributed by atoms with E-state index in [-0.39, 0.29) is 11.9 Å². The highest BCUT2D eigenvalue weighted by Crippen LogP contribution is 2.20. The monoisotopic (exact) mass is 415 g/mol. The molecule has 0 aromatic carbocycles. The van der Waals surface area contributed by atoms with Crippen LogP contribution in [0.4, 0.5) is 5.82 Å². The van der Waals surface area contributed by atoms with Crippen LogP contribution >= 0.6 is 0 Å². The number of piperidine rings is 1. The summed E-state index contributed by atoms with van der Waals surface area (Å²) in [5.41, 5.74) is 10.6. The lowest BCUT2D eigenvalue weighted by Gasteiger charge is -2.29. The minimum absolute atomic E-state index is 0.131. The third-order valence-electron chi connectivity index (χ3n) is 5.54. The molecular formula is C23H25N7O. The number of nitrogens with two attached hydrogens (primary N) is 1. The number of anilines is 1. The van der Waals surface area contributed by atoms with Gasteiger partial charge in [0.15, 0.2) is 0 Å². The summed E-state index contributed by atoms with van der Waals surface area (Å²) < 4.78 is 0. The summed E-state index contributed by atoms with van der Waals surface area (Å²) >= 11 is 0. The predicted octanol–water partition coefficient (Wildman–Crippen LogP) is 1.84. The standard InChI is InChI=1S/C23H25N7O/c1-14-15(2)28-21-19(22(24)26-13-20(21)27-14)5-4-16-10-17(12-25-11-16)23(31)29-18-6-8-30(3)9-7-18/h10-13,18H,6-9H2,1-3H3,(H2,24,26)(H,29,31). The van der Waals surface area contributed by atoms with Gasteiger partial charge in [-0.3, -0.25) is 9.78 Å². The summed E-state index contributed by atoms with van der Waals surface area (Å²) in [6.07, 6.45) is 6.67. The Morgan fingerprint density at radius 1 is 1.13 bits per heavy atom. The second kappa shape index (κ2) is 8.66. The Kier molecular flexibility index (Phi) is 5.78. The van der Waals surface area contributed by atoms with Crippen LogP contribution in [0.5, 0.6) is 0 Å². The lowest BCUT2D eigenvalue weighted by molar-refractivity contribution is 0.0916. The van der Waals surface area contributed by atoms with E-state index in [0.717, 1.165) is 37.3 Å². The Morgan fingerprint density at radius 2 is 1.87 bits per heavy atom. The van der Waals surface area contributed by atoms with Crippen molar-refractivity contribution < 1.29 is 4.79 Å². The molecule has 1 aliphatic heterocycles. The number of hydrogen-bond donors (Lipinski definition) is 2. The lowest BCUT2D eigenvalue weighted by atomic mass is 10.0. The first kappa shape index (κ1) is 20.7. The summed E-state index contributed by atoms with van der Waals surface area (Å²) in [7, 11) is 2.09. The molecule has 8 heteroatoms. The average molecular weight is 416 g/mol. The normalized spacial score (nSPS) is 14.8. The van der Waals surface area contributed by atoms with Crippen LogP contribution in [0.15, 0.2) is 24.7 Å². The van der Waals surface area contributed by atoms with Crippen LogP contribution in [0.1, 0.15) is 45.7 Å². The van der Waals surface area contributed by atoms with Gasteiger partial charge in [-0.25, -0.2) is 15.0 Å². The number of nitrogens with zero attached hydrogens (tertiary/aromatic N) is 5. The molecule has 0 atom stereocenters. The minimum Gasteiger partial charge on any atom is -0.383 e. The molecule has 1 saturated heterocycles. The van der Waals surface area contributed by atoms with E-state index in [4.69, 9.17) is 5.73 Å². The number of carbonyl (C=O) groups is 1. The first-order valence-corrected chi connectivity index (χ1v) is 10.3. The van der Waals surface area contributed by atoms with Crippen molar-refractivity contribution in [3.63, 3.8) is 0 Å². The van der Waals surface area contributed by atoms with Crippen LogP contribution in [0.25, 0.3) is 11.0 Å². The topological polar surface area (TPSA) is 110 Å². The molecule has 1 aliphatic rings. The van der Waals surface area contributed by atoms with E-state index in [1.54, 1.807) is 24.7 Å². The maximum Gasteiger partial charge on any atom is 0.253 e. The number of fused-ring (bicyclic) bond motifs is 1. The number of likely N-dealkylation sites (tertiary alicyclic amines) is 1. The Labute approximate surface area is 181 Å².